The van der Waals surface area contributed by atoms with Gasteiger partial charge in [-0.25, -0.2) is 4.68 Å². The number of anilines is 1. The number of hydrogen-bond donors (Lipinski definition) is 1. The predicted octanol–water partition coefficient (Wildman–Crippen LogP) is 3.05. The summed E-state index contributed by atoms with van der Waals surface area (Å²) in [5.41, 5.74) is 2.89. The molecular formula is C23H24N4O4. The summed E-state index contributed by atoms with van der Waals surface area (Å²) in [7, 11) is 0. The van der Waals surface area contributed by atoms with Crippen LogP contribution in [-0.2, 0) is 4.79 Å². The average Bonchev–Trinajstić information content (AvgIpc) is 3.23. The lowest BCUT2D eigenvalue weighted by molar-refractivity contribution is -0.116. The molecule has 1 aliphatic rings. The van der Waals surface area contributed by atoms with Crippen molar-refractivity contribution in [2.75, 3.05) is 31.6 Å². The number of aryl methyl sites for hydroxylation is 1. The van der Waals surface area contributed by atoms with Crippen LogP contribution in [0.2, 0.25) is 0 Å². The molecule has 1 aromatic heterocycles. The van der Waals surface area contributed by atoms with E-state index in [1.54, 1.807) is 35.0 Å². The molecule has 3 aromatic rings. The zero-order valence-corrected chi connectivity index (χ0v) is 17.5. The number of carbonyl (C=O) groups excluding carboxylic acids is 2. The SMILES string of the molecule is CCN(CC(=O)Nc1ccc2c(c1)OCCO2)C(=O)c1ccc(-n2ccc(C)n2)cc1. The third-order valence-corrected chi connectivity index (χ3v) is 4.93. The molecule has 0 radical (unpaired) electrons. The van der Waals surface area contributed by atoms with E-state index in [1.165, 1.54) is 4.90 Å². The Morgan fingerprint density at radius 1 is 1.06 bits per heavy atom. The third kappa shape index (κ3) is 4.69. The highest BCUT2D eigenvalue weighted by Crippen LogP contribution is 2.32. The Morgan fingerprint density at radius 3 is 2.48 bits per heavy atom. The number of nitrogens with zero attached hydrogens (tertiary/aromatic N) is 3. The first-order valence-corrected chi connectivity index (χ1v) is 10.1. The largest absolute Gasteiger partial charge is 0.486 e. The molecule has 0 spiro atoms. The van der Waals surface area contributed by atoms with Crippen molar-refractivity contribution < 1.29 is 19.1 Å². The molecule has 1 aliphatic heterocycles. The minimum Gasteiger partial charge on any atom is -0.486 e. The molecule has 0 unspecified atom stereocenters. The molecule has 0 atom stereocenters. The highest BCUT2D eigenvalue weighted by Gasteiger charge is 2.19. The summed E-state index contributed by atoms with van der Waals surface area (Å²) in [6.45, 7) is 5.10. The van der Waals surface area contributed by atoms with Gasteiger partial charge in [-0.3, -0.25) is 9.59 Å². The second kappa shape index (κ2) is 8.91. The van der Waals surface area contributed by atoms with Gasteiger partial charge >= 0.3 is 0 Å². The lowest BCUT2D eigenvalue weighted by Crippen LogP contribution is -2.37. The topological polar surface area (TPSA) is 85.7 Å². The number of hydrogen-bond acceptors (Lipinski definition) is 5. The summed E-state index contributed by atoms with van der Waals surface area (Å²) < 4.78 is 12.8. The quantitative estimate of drug-likeness (QED) is 0.663. The molecule has 0 saturated carbocycles. The fourth-order valence-electron chi connectivity index (χ4n) is 3.32. The summed E-state index contributed by atoms with van der Waals surface area (Å²) in [5.74, 6) is 0.766. The molecule has 31 heavy (non-hydrogen) atoms. The Hall–Kier alpha value is -3.81. The number of nitrogens with one attached hydrogen (secondary N) is 1. The molecular weight excluding hydrogens is 396 g/mol. The number of benzene rings is 2. The van der Waals surface area contributed by atoms with Crippen molar-refractivity contribution >= 4 is 17.5 Å². The average molecular weight is 420 g/mol. The first-order chi connectivity index (χ1) is 15.0. The smallest absolute Gasteiger partial charge is 0.254 e. The summed E-state index contributed by atoms with van der Waals surface area (Å²) >= 11 is 0. The number of carbonyl (C=O) groups is 2. The summed E-state index contributed by atoms with van der Waals surface area (Å²) in [6, 6.07) is 14.3. The molecule has 0 bridgehead atoms. The van der Waals surface area contributed by atoms with Crippen molar-refractivity contribution in [1.82, 2.24) is 14.7 Å². The van der Waals surface area contributed by atoms with Gasteiger partial charge in [0, 0.05) is 30.1 Å². The summed E-state index contributed by atoms with van der Waals surface area (Å²) in [6.07, 6.45) is 1.87. The maximum atomic E-state index is 12.9. The fraction of sp³-hybridized carbons (Fsp3) is 0.261. The van der Waals surface area contributed by atoms with Gasteiger partial charge in [-0.2, -0.15) is 5.10 Å². The minimum atomic E-state index is -0.282. The van der Waals surface area contributed by atoms with Crippen LogP contribution in [0.3, 0.4) is 0 Å². The van der Waals surface area contributed by atoms with Crippen molar-refractivity contribution in [3.63, 3.8) is 0 Å². The summed E-state index contributed by atoms with van der Waals surface area (Å²) in [5, 5.41) is 7.18. The van der Waals surface area contributed by atoms with Crippen LogP contribution in [0.1, 0.15) is 23.0 Å². The fourth-order valence-corrected chi connectivity index (χ4v) is 3.32. The van der Waals surface area contributed by atoms with Gasteiger partial charge in [0.15, 0.2) is 11.5 Å². The number of fused-ring (bicyclic) bond motifs is 1. The Balaban J connectivity index is 1.40. The van der Waals surface area contributed by atoms with Gasteiger partial charge in [0.25, 0.3) is 5.91 Å². The minimum absolute atomic E-state index is 0.0517. The standard InChI is InChI=1S/C23H24N4O4/c1-3-26(15-22(28)24-18-6-9-20-21(14-18)31-13-12-30-20)23(29)17-4-7-19(8-5-17)27-11-10-16(2)25-27/h4-11,14H,3,12-13,15H2,1-2H3,(H,24,28). The number of rotatable bonds is 6. The van der Waals surface area contributed by atoms with Crippen LogP contribution in [0, 0.1) is 6.92 Å². The van der Waals surface area contributed by atoms with E-state index in [1.807, 2.05) is 38.2 Å². The van der Waals surface area contributed by atoms with Crippen molar-refractivity contribution in [3.8, 4) is 17.2 Å². The highest BCUT2D eigenvalue weighted by atomic mass is 16.6. The molecule has 2 heterocycles. The van der Waals surface area contributed by atoms with Crippen molar-refractivity contribution in [1.29, 1.82) is 0 Å². The summed E-state index contributed by atoms with van der Waals surface area (Å²) in [4.78, 5) is 26.9. The zero-order valence-electron chi connectivity index (χ0n) is 17.5. The lowest BCUT2D eigenvalue weighted by Gasteiger charge is -2.21. The number of likely N-dealkylation sites (N-methyl/N-ethyl adjacent to an activating group) is 1. The zero-order chi connectivity index (χ0) is 21.8. The molecule has 8 nitrogen and oxygen atoms in total. The predicted molar refractivity (Wildman–Crippen MR) is 116 cm³/mol. The lowest BCUT2D eigenvalue weighted by atomic mass is 10.1. The van der Waals surface area contributed by atoms with Crippen LogP contribution in [0.25, 0.3) is 5.69 Å². The van der Waals surface area contributed by atoms with Crippen LogP contribution >= 0.6 is 0 Å². The first kappa shape index (κ1) is 20.5. The number of amides is 2. The van der Waals surface area contributed by atoms with E-state index in [2.05, 4.69) is 10.4 Å². The molecule has 160 valence electrons. The molecule has 4 rings (SSSR count). The van der Waals surface area contributed by atoms with Crippen LogP contribution in [0.15, 0.2) is 54.7 Å². The monoisotopic (exact) mass is 420 g/mol. The van der Waals surface area contributed by atoms with Crippen LogP contribution in [0.4, 0.5) is 5.69 Å². The maximum Gasteiger partial charge on any atom is 0.254 e. The van der Waals surface area contributed by atoms with Crippen LogP contribution in [-0.4, -0.2) is 52.8 Å². The second-order valence-corrected chi connectivity index (χ2v) is 7.17. The third-order valence-electron chi connectivity index (χ3n) is 4.93. The highest BCUT2D eigenvalue weighted by molar-refractivity contribution is 5.99. The Bertz CT molecular complexity index is 1090. The van der Waals surface area contributed by atoms with Gasteiger partial charge < -0.3 is 19.7 Å². The first-order valence-electron chi connectivity index (χ1n) is 10.1. The van der Waals surface area contributed by atoms with Gasteiger partial charge in [-0.05, 0) is 56.3 Å². The van der Waals surface area contributed by atoms with E-state index in [9.17, 15) is 9.59 Å². The van der Waals surface area contributed by atoms with Crippen molar-refractivity contribution in [2.45, 2.75) is 13.8 Å². The van der Waals surface area contributed by atoms with Crippen molar-refractivity contribution in [2.24, 2.45) is 0 Å². The van der Waals surface area contributed by atoms with E-state index in [-0.39, 0.29) is 18.4 Å². The Kier molecular flexibility index (Phi) is 5.88. The molecule has 0 saturated heterocycles. The van der Waals surface area contributed by atoms with Gasteiger partial charge in [0.05, 0.1) is 11.4 Å². The van der Waals surface area contributed by atoms with Crippen LogP contribution in [0.5, 0.6) is 11.5 Å². The van der Waals surface area contributed by atoms with Gasteiger partial charge in [-0.15, -0.1) is 0 Å². The maximum absolute atomic E-state index is 12.9. The Morgan fingerprint density at radius 2 is 1.81 bits per heavy atom. The molecule has 1 N–H and O–H groups in total. The number of aromatic nitrogens is 2. The van der Waals surface area contributed by atoms with Gasteiger partial charge in [-0.1, -0.05) is 0 Å². The van der Waals surface area contributed by atoms with E-state index < -0.39 is 0 Å². The van der Waals surface area contributed by atoms with E-state index >= 15 is 0 Å². The van der Waals surface area contributed by atoms with Gasteiger partial charge in [0.1, 0.15) is 19.8 Å². The van der Waals surface area contributed by atoms with E-state index in [0.717, 1.165) is 11.4 Å². The van der Waals surface area contributed by atoms with E-state index in [0.29, 0.717) is 42.5 Å². The van der Waals surface area contributed by atoms with E-state index in [4.69, 9.17) is 9.47 Å². The van der Waals surface area contributed by atoms with Gasteiger partial charge in [0.2, 0.25) is 5.91 Å². The normalized spacial score (nSPS) is 12.3. The molecule has 0 aliphatic carbocycles. The molecule has 2 amide bonds. The molecule has 0 fully saturated rings. The van der Waals surface area contributed by atoms with Crippen LogP contribution < -0.4 is 14.8 Å². The van der Waals surface area contributed by atoms with Crippen molar-refractivity contribution in [3.05, 3.63) is 66.0 Å². The molecule has 2 aromatic carbocycles. The molecule has 8 heteroatoms. The second-order valence-electron chi connectivity index (χ2n) is 7.17. The number of ether oxygens (including phenoxy) is 2. The Labute approximate surface area is 180 Å².